The van der Waals surface area contributed by atoms with Gasteiger partial charge in [-0.15, -0.1) is 0 Å². The lowest BCUT2D eigenvalue weighted by molar-refractivity contribution is -0.870. The third-order valence-corrected chi connectivity index (χ3v) is 15.2. The van der Waals surface area contributed by atoms with Gasteiger partial charge in [0.15, 0.2) is 6.10 Å². The Balaban J connectivity index is 4.16. The van der Waals surface area contributed by atoms with E-state index in [0.717, 1.165) is 109 Å². The third kappa shape index (κ3) is 69.0. The number of rotatable bonds is 65. The summed E-state index contributed by atoms with van der Waals surface area (Å²) in [4.78, 5) is 37.6. The Kier molecular flexibility index (Phi) is 64.3. The molecule has 0 aromatic rings. The van der Waals surface area contributed by atoms with E-state index in [1.165, 1.54) is 154 Å². The number of quaternary nitrogens is 1. The molecule has 498 valence electrons. The van der Waals surface area contributed by atoms with Gasteiger partial charge in [-0.2, -0.15) is 0 Å². The van der Waals surface area contributed by atoms with E-state index in [-0.39, 0.29) is 32.2 Å². The number of unbranched alkanes of at least 4 members (excludes halogenated alkanes) is 30. The molecular weight excluding hydrogens is 1080 g/mol. The summed E-state index contributed by atoms with van der Waals surface area (Å²) in [7, 11) is 5.97. The molecule has 0 spiro atoms. The van der Waals surface area contributed by atoms with E-state index in [2.05, 4.69) is 135 Å². The number of carbonyl (C=O) groups excluding carboxylic acids is 2. The van der Waals surface area contributed by atoms with Crippen molar-refractivity contribution in [2.45, 2.75) is 309 Å². The van der Waals surface area contributed by atoms with Crippen molar-refractivity contribution in [3.05, 3.63) is 122 Å². The Labute approximate surface area is 536 Å². The summed E-state index contributed by atoms with van der Waals surface area (Å²) < 4.78 is 23.0. The van der Waals surface area contributed by atoms with Gasteiger partial charge in [0.05, 0.1) is 34.4 Å². The minimum atomic E-state index is -1.52. The Morgan fingerprint density at radius 2 is 0.655 bits per heavy atom. The predicted molar refractivity (Wildman–Crippen MR) is 373 cm³/mol. The highest BCUT2D eigenvalue weighted by Gasteiger charge is 2.25. The molecule has 0 fully saturated rings. The van der Waals surface area contributed by atoms with Crippen LogP contribution in [0.25, 0.3) is 0 Å². The standard InChI is InChI=1S/C78H133NO8/c1-6-8-10-12-14-16-18-20-22-24-26-28-30-31-32-33-34-35-36-37-38-39-40-41-42-43-44-45-47-49-51-53-55-57-59-61-63-65-67-69-76(81)87-74(73-86-78(77(82)83)84-71-70-79(3,4)5)72-85-75(80)68-66-64-62-60-58-56-54-52-50-48-46-29-27-25-23-21-19-17-15-13-11-9-7-2/h8,10,14,16,20,22,26,28,31-32,34-35,37-38,40-41,43-44,47,49,74,78H,6-7,9,11-13,15,17-19,21,23-25,27,29-30,33,36,39,42,45-46,48,50-73H2,1-5H3/p+1/b10-8-,16-14-,22-20-,28-26-,32-31-,35-34-,38-37-,41-40-,44-43-,49-47-. The lowest BCUT2D eigenvalue weighted by atomic mass is 10.0. The van der Waals surface area contributed by atoms with Crippen molar-refractivity contribution in [2.24, 2.45) is 0 Å². The van der Waals surface area contributed by atoms with Gasteiger partial charge in [0.2, 0.25) is 0 Å². The first-order valence-corrected chi connectivity index (χ1v) is 35.7. The Morgan fingerprint density at radius 1 is 0.356 bits per heavy atom. The molecule has 0 saturated carbocycles. The molecule has 0 aliphatic rings. The van der Waals surface area contributed by atoms with Crippen LogP contribution in [0.1, 0.15) is 296 Å². The topological polar surface area (TPSA) is 108 Å². The molecule has 0 aliphatic heterocycles. The molecule has 9 nitrogen and oxygen atoms in total. The number of nitrogens with zero attached hydrogens (tertiary/aromatic N) is 1. The summed E-state index contributed by atoms with van der Waals surface area (Å²) in [6, 6.07) is 0. The smallest absolute Gasteiger partial charge is 0.361 e. The third-order valence-electron chi connectivity index (χ3n) is 15.2. The number of carboxylic acid groups (broad SMARTS) is 1. The Hall–Kier alpha value is -4.31. The van der Waals surface area contributed by atoms with E-state index in [0.29, 0.717) is 23.9 Å². The predicted octanol–water partition coefficient (Wildman–Crippen LogP) is 22.4. The molecule has 0 radical (unpaired) electrons. The molecule has 0 aliphatic carbocycles. The van der Waals surface area contributed by atoms with Gasteiger partial charge in [0, 0.05) is 12.8 Å². The quantitative estimate of drug-likeness (QED) is 0.0211. The largest absolute Gasteiger partial charge is 0.477 e. The Bertz CT molecular complexity index is 1840. The molecule has 0 saturated heterocycles. The van der Waals surface area contributed by atoms with Crippen LogP contribution < -0.4 is 0 Å². The number of likely N-dealkylation sites (N-methyl/N-ethyl adjacent to an activating group) is 1. The van der Waals surface area contributed by atoms with Crippen LogP contribution in [-0.4, -0.2) is 87.4 Å². The van der Waals surface area contributed by atoms with E-state index in [4.69, 9.17) is 18.9 Å². The van der Waals surface area contributed by atoms with Gasteiger partial charge in [0.25, 0.3) is 6.29 Å². The lowest BCUT2D eigenvalue weighted by Crippen LogP contribution is -2.40. The zero-order valence-corrected chi connectivity index (χ0v) is 56.9. The second kappa shape index (κ2) is 67.6. The van der Waals surface area contributed by atoms with Crippen molar-refractivity contribution in [2.75, 3.05) is 47.5 Å². The molecular formula is C78H134NO8+. The number of carboxylic acids is 1. The highest BCUT2D eigenvalue weighted by Crippen LogP contribution is 2.17. The Morgan fingerprint density at radius 3 is 0.977 bits per heavy atom. The van der Waals surface area contributed by atoms with Crippen LogP contribution in [0.4, 0.5) is 0 Å². The van der Waals surface area contributed by atoms with Gasteiger partial charge < -0.3 is 28.5 Å². The second-order valence-electron chi connectivity index (χ2n) is 24.8. The van der Waals surface area contributed by atoms with Gasteiger partial charge in [0.1, 0.15) is 13.2 Å². The molecule has 0 bridgehead atoms. The molecule has 0 aromatic heterocycles. The van der Waals surface area contributed by atoms with E-state index >= 15 is 0 Å². The maximum atomic E-state index is 12.9. The first-order valence-electron chi connectivity index (χ1n) is 35.7. The van der Waals surface area contributed by atoms with E-state index < -0.39 is 24.3 Å². The van der Waals surface area contributed by atoms with Crippen LogP contribution in [0.3, 0.4) is 0 Å². The van der Waals surface area contributed by atoms with Crippen molar-refractivity contribution in [3.8, 4) is 0 Å². The highest BCUT2D eigenvalue weighted by molar-refractivity contribution is 5.71. The average molecular weight is 1210 g/mol. The number of carbonyl (C=O) groups is 3. The van der Waals surface area contributed by atoms with Crippen molar-refractivity contribution < 1.29 is 42.9 Å². The molecule has 0 rings (SSSR count). The van der Waals surface area contributed by atoms with Crippen LogP contribution in [-0.2, 0) is 33.3 Å². The number of esters is 2. The van der Waals surface area contributed by atoms with Crippen molar-refractivity contribution in [1.29, 1.82) is 0 Å². The molecule has 0 aromatic carbocycles. The zero-order chi connectivity index (χ0) is 63.3. The summed E-state index contributed by atoms with van der Waals surface area (Å²) in [6.45, 7) is 4.78. The summed E-state index contributed by atoms with van der Waals surface area (Å²) >= 11 is 0. The molecule has 2 atom stereocenters. The van der Waals surface area contributed by atoms with Crippen LogP contribution in [0.15, 0.2) is 122 Å². The fourth-order valence-electron chi connectivity index (χ4n) is 9.81. The SMILES string of the molecule is CC/C=C\C/C=C\C/C=C\C/C=C\C/C=C\C/C=C\C/C=C\C/C=C\C/C=C\C/C=C\CCCCCCCCCCC(=O)OC(COC(=O)CCCCCCCCCCCCCCCCCCCCCCCCC)COC(OCC[N+](C)(C)C)C(=O)O. The van der Waals surface area contributed by atoms with Crippen LogP contribution in [0.5, 0.6) is 0 Å². The normalized spacial score (nSPS) is 13.4. The minimum Gasteiger partial charge on any atom is -0.477 e. The van der Waals surface area contributed by atoms with Gasteiger partial charge in [-0.25, -0.2) is 4.79 Å². The molecule has 0 heterocycles. The van der Waals surface area contributed by atoms with Crippen LogP contribution in [0.2, 0.25) is 0 Å². The number of hydrogen-bond acceptors (Lipinski definition) is 7. The summed E-state index contributed by atoms with van der Waals surface area (Å²) in [5.41, 5.74) is 0. The van der Waals surface area contributed by atoms with E-state index in [1.807, 2.05) is 21.1 Å². The van der Waals surface area contributed by atoms with Crippen molar-refractivity contribution in [1.82, 2.24) is 0 Å². The zero-order valence-electron chi connectivity index (χ0n) is 56.9. The average Bonchev–Trinajstić information content (AvgIpc) is 3.55. The van der Waals surface area contributed by atoms with Gasteiger partial charge in [-0.1, -0.05) is 315 Å². The molecule has 87 heavy (non-hydrogen) atoms. The first-order chi connectivity index (χ1) is 42.6. The van der Waals surface area contributed by atoms with E-state index in [9.17, 15) is 19.5 Å². The number of ether oxygens (including phenoxy) is 4. The highest BCUT2D eigenvalue weighted by atomic mass is 16.7. The van der Waals surface area contributed by atoms with Crippen molar-refractivity contribution in [3.63, 3.8) is 0 Å². The second-order valence-corrected chi connectivity index (χ2v) is 24.8. The number of allylic oxidation sites excluding steroid dienone is 20. The first kappa shape index (κ1) is 82.7. The maximum absolute atomic E-state index is 12.9. The number of hydrogen-bond donors (Lipinski definition) is 1. The molecule has 9 heteroatoms. The minimum absolute atomic E-state index is 0.182. The van der Waals surface area contributed by atoms with E-state index in [1.54, 1.807) is 0 Å². The van der Waals surface area contributed by atoms with Gasteiger partial charge >= 0.3 is 17.9 Å². The fraction of sp³-hybridized carbons (Fsp3) is 0.705. The summed E-state index contributed by atoms with van der Waals surface area (Å²) in [6.07, 6.45) is 93.1. The molecule has 1 N–H and O–H groups in total. The summed E-state index contributed by atoms with van der Waals surface area (Å²) in [5, 5.41) is 9.75. The van der Waals surface area contributed by atoms with Gasteiger partial charge in [-0.05, 0) is 89.9 Å². The van der Waals surface area contributed by atoms with Crippen LogP contribution >= 0.6 is 0 Å². The molecule has 0 amide bonds. The fourth-order valence-corrected chi connectivity index (χ4v) is 9.81. The lowest BCUT2D eigenvalue weighted by Gasteiger charge is -2.25. The number of aliphatic carboxylic acids is 1. The van der Waals surface area contributed by atoms with Gasteiger partial charge in [-0.3, -0.25) is 9.59 Å². The summed E-state index contributed by atoms with van der Waals surface area (Å²) in [5.74, 6) is -2.01. The van der Waals surface area contributed by atoms with Crippen LogP contribution in [0, 0.1) is 0 Å². The molecule has 2 unspecified atom stereocenters. The maximum Gasteiger partial charge on any atom is 0.361 e. The monoisotopic (exact) mass is 1210 g/mol. The van der Waals surface area contributed by atoms with Crippen molar-refractivity contribution >= 4 is 17.9 Å².